The number of benzene rings is 2. The van der Waals surface area contributed by atoms with Crippen LogP contribution in [0.2, 0.25) is 0 Å². The largest absolute Gasteiger partial charge is 0.494 e. The third-order valence-corrected chi connectivity index (χ3v) is 3.94. The molecule has 18 heavy (non-hydrogen) atoms. The molecule has 0 aliphatic carbocycles. The normalized spacial score (nSPS) is 10.4. The molecule has 0 atom stereocenters. The van der Waals surface area contributed by atoms with Gasteiger partial charge < -0.3 is 10.5 Å². The van der Waals surface area contributed by atoms with E-state index in [2.05, 4.69) is 15.9 Å². The van der Waals surface area contributed by atoms with Crippen molar-refractivity contribution < 1.29 is 9.13 Å². The summed E-state index contributed by atoms with van der Waals surface area (Å²) in [5.74, 6) is -0.251. The lowest BCUT2D eigenvalue weighted by molar-refractivity contribution is 0.385. The van der Waals surface area contributed by atoms with Crippen molar-refractivity contribution in [3.05, 3.63) is 46.7 Å². The number of hydrogen-bond donors (Lipinski definition) is 1. The lowest BCUT2D eigenvalue weighted by Crippen LogP contribution is -1.94. The highest BCUT2D eigenvalue weighted by molar-refractivity contribution is 9.10. The SMILES string of the molecule is COc1cc(Sc2ccc(Br)cc2)c(N)cc1F. The number of hydrogen-bond acceptors (Lipinski definition) is 3. The summed E-state index contributed by atoms with van der Waals surface area (Å²) < 4.78 is 19.4. The Labute approximate surface area is 117 Å². The van der Waals surface area contributed by atoms with Crippen molar-refractivity contribution in [1.29, 1.82) is 0 Å². The molecule has 0 saturated heterocycles. The smallest absolute Gasteiger partial charge is 0.167 e. The predicted octanol–water partition coefficient (Wildman–Crippen LogP) is 4.33. The molecule has 2 aromatic rings. The zero-order valence-electron chi connectivity index (χ0n) is 9.61. The van der Waals surface area contributed by atoms with Gasteiger partial charge in [-0.15, -0.1) is 0 Å². The molecule has 0 saturated carbocycles. The molecule has 0 radical (unpaired) electrons. The summed E-state index contributed by atoms with van der Waals surface area (Å²) in [4.78, 5) is 1.80. The molecular formula is C13H11BrFNOS. The summed E-state index contributed by atoms with van der Waals surface area (Å²) in [5.41, 5.74) is 6.20. The Morgan fingerprint density at radius 1 is 1.22 bits per heavy atom. The Bertz CT molecular complexity index is 560. The molecule has 0 aromatic heterocycles. The van der Waals surface area contributed by atoms with Gasteiger partial charge in [0, 0.05) is 26.0 Å². The average Bonchev–Trinajstić information content (AvgIpc) is 2.35. The van der Waals surface area contributed by atoms with Gasteiger partial charge in [-0.2, -0.15) is 0 Å². The van der Waals surface area contributed by atoms with E-state index in [0.717, 1.165) is 14.3 Å². The predicted molar refractivity (Wildman–Crippen MR) is 75.6 cm³/mol. The minimum atomic E-state index is -0.449. The average molecular weight is 328 g/mol. The van der Waals surface area contributed by atoms with E-state index < -0.39 is 5.82 Å². The van der Waals surface area contributed by atoms with Crippen molar-refractivity contribution in [2.24, 2.45) is 0 Å². The van der Waals surface area contributed by atoms with Gasteiger partial charge in [0.2, 0.25) is 0 Å². The van der Waals surface area contributed by atoms with Crippen LogP contribution in [0, 0.1) is 5.82 Å². The van der Waals surface area contributed by atoms with E-state index in [4.69, 9.17) is 10.5 Å². The third kappa shape index (κ3) is 2.97. The molecule has 94 valence electrons. The number of nitrogens with two attached hydrogens (primary N) is 1. The van der Waals surface area contributed by atoms with Crippen molar-refractivity contribution in [3.8, 4) is 5.75 Å². The molecule has 0 aliphatic heterocycles. The summed E-state index contributed by atoms with van der Waals surface area (Å²) in [6.45, 7) is 0. The lowest BCUT2D eigenvalue weighted by atomic mass is 10.3. The zero-order valence-corrected chi connectivity index (χ0v) is 12.0. The van der Waals surface area contributed by atoms with Crippen LogP contribution in [0.5, 0.6) is 5.75 Å². The number of anilines is 1. The number of nitrogen functional groups attached to an aromatic ring is 1. The van der Waals surface area contributed by atoms with Gasteiger partial charge in [0.15, 0.2) is 11.6 Å². The molecule has 0 fully saturated rings. The highest BCUT2D eigenvalue weighted by Crippen LogP contribution is 2.36. The topological polar surface area (TPSA) is 35.2 Å². The second-order valence-electron chi connectivity index (χ2n) is 3.58. The maximum absolute atomic E-state index is 13.4. The fraction of sp³-hybridized carbons (Fsp3) is 0.0769. The fourth-order valence-corrected chi connectivity index (χ4v) is 2.56. The Balaban J connectivity index is 2.31. The molecule has 2 aromatic carbocycles. The summed E-state index contributed by atoms with van der Waals surface area (Å²) >= 11 is 4.84. The van der Waals surface area contributed by atoms with Crippen LogP contribution in [0.3, 0.4) is 0 Å². The highest BCUT2D eigenvalue weighted by Gasteiger charge is 2.09. The summed E-state index contributed by atoms with van der Waals surface area (Å²) in [5, 5.41) is 0. The van der Waals surface area contributed by atoms with E-state index in [0.29, 0.717) is 5.69 Å². The van der Waals surface area contributed by atoms with Gasteiger partial charge in [0.05, 0.1) is 7.11 Å². The van der Waals surface area contributed by atoms with Crippen LogP contribution >= 0.6 is 27.7 Å². The Kier molecular flexibility index (Phi) is 4.14. The van der Waals surface area contributed by atoms with Crippen LogP contribution in [-0.4, -0.2) is 7.11 Å². The number of halogens is 2. The first kappa shape index (κ1) is 13.2. The van der Waals surface area contributed by atoms with Crippen molar-refractivity contribution >= 4 is 33.4 Å². The molecule has 0 spiro atoms. The van der Waals surface area contributed by atoms with Crippen LogP contribution in [-0.2, 0) is 0 Å². The zero-order chi connectivity index (χ0) is 13.1. The second-order valence-corrected chi connectivity index (χ2v) is 5.61. The monoisotopic (exact) mass is 327 g/mol. The van der Waals surface area contributed by atoms with Gasteiger partial charge in [0.25, 0.3) is 0 Å². The van der Waals surface area contributed by atoms with Gasteiger partial charge in [-0.1, -0.05) is 27.7 Å². The van der Waals surface area contributed by atoms with Crippen molar-refractivity contribution in [3.63, 3.8) is 0 Å². The summed E-state index contributed by atoms with van der Waals surface area (Å²) in [6.07, 6.45) is 0. The van der Waals surface area contributed by atoms with Gasteiger partial charge in [-0.25, -0.2) is 4.39 Å². The van der Waals surface area contributed by atoms with Crippen molar-refractivity contribution in [2.75, 3.05) is 12.8 Å². The minimum absolute atomic E-state index is 0.198. The molecule has 0 aliphatic rings. The van der Waals surface area contributed by atoms with Gasteiger partial charge >= 0.3 is 0 Å². The van der Waals surface area contributed by atoms with Gasteiger partial charge in [-0.05, 0) is 30.3 Å². The van der Waals surface area contributed by atoms with Crippen LogP contribution in [0.15, 0.2) is 50.7 Å². The first-order chi connectivity index (χ1) is 8.60. The molecule has 0 heterocycles. The quantitative estimate of drug-likeness (QED) is 0.852. The van der Waals surface area contributed by atoms with Gasteiger partial charge in [0.1, 0.15) is 0 Å². The third-order valence-electron chi connectivity index (χ3n) is 2.33. The van der Waals surface area contributed by atoms with E-state index in [1.54, 1.807) is 6.07 Å². The van der Waals surface area contributed by atoms with E-state index in [-0.39, 0.29) is 5.75 Å². The number of methoxy groups -OCH3 is 1. The first-order valence-corrected chi connectivity index (χ1v) is 6.77. The molecule has 0 bridgehead atoms. The van der Waals surface area contributed by atoms with E-state index in [1.807, 2.05) is 24.3 Å². The Hall–Kier alpha value is -1.20. The van der Waals surface area contributed by atoms with E-state index >= 15 is 0 Å². The summed E-state index contributed by atoms with van der Waals surface area (Å²) in [6, 6.07) is 10.7. The maximum Gasteiger partial charge on any atom is 0.167 e. The fourth-order valence-electron chi connectivity index (χ4n) is 1.42. The molecule has 2 rings (SSSR count). The van der Waals surface area contributed by atoms with Crippen molar-refractivity contribution in [2.45, 2.75) is 9.79 Å². The highest BCUT2D eigenvalue weighted by atomic mass is 79.9. The number of ether oxygens (including phenoxy) is 1. The van der Waals surface area contributed by atoms with Crippen LogP contribution in [0.1, 0.15) is 0 Å². The minimum Gasteiger partial charge on any atom is -0.494 e. The molecule has 0 unspecified atom stereocenters. The molecular weight excluding hydrogens is 317 g/mol. The molecule has 0 amide bonds. The summed E-state index contributed by atoms with van der Waals surface area (Å²) in [7, 11) is 1.43. The molecule has 2 N–H and O–H groups in total. The van der Waals surface area contributed by atoms with E-state index in [1.165, 1.54) is 24.9 Å². The lowest BCUT2D eigenvalue weighted by Gasteiger charge is -2.09. The molecule has 5 heteroatoms. The molecule has 2 nitrogen and oxygen atoms in total. The Morgan fingerprint density at radius 2 is 1.89 bits per heavy atom. The Morgan fingerprint density at radius 3 is 2.50 bits per heavy atom. The van der Waals surface area contributed by atoms with E-state index in [9.17, 15) is 4.39 Å². The van der Waals surface area contributed by atoms with Crippen LogP contribution in [0.25, 0.3) is 0 Å². The first-order valence-electron chi connectivity index (χ1n) is 5.16. The second kappa shape index (κ2) is 5.63. The van der Waals surface area contributed by atoms with Gasteiger partial charge in [-0.3, -0.25) is 0 Å². The maximum atomic E-state index is 13.4. The van der Waals surface area contributed by atoms with Crippen LogP contribution < -0.4 is 10.5 Å². The van der Waals surface area contributed by atoms with Crippen molar-refractivity contribution in [1.82, 2.24) is 0 Å². The number of rotatable bonds is 3. The standard InChI is InChI=1S/C13H11BrFNOS/c1-17-12-7-13(11(16)6-10(12)15)18-9-4-2-8(14)3-5-9/h2-7H,16H2,1H3. The van der Waals surface area contributed by atoms with Crippen LogP contribution in [0.4, 0.5) is 10.1 Å².